The van der Waals surface area contributed by atoms with Crippen molar-refractivity contribution in [3.63, 3.8) is 0 Å². The van der Waals surface area contributed by atoms with Gasteiger partial charge in [-0.25, -0.2) is 0 Å². The second kappa shape index (κ2) is 5.57. The van der Waals surface area contributed by atoms with E-state index >= 15 is 0 Å². The third-order valence-electron chi connectivity index (χ3n) is 2.89. The summed E-state index contributed by atoms with van der Waals surface area (Å²) in [6, 6.07) is -0.326. The van der Waals surface area contributed by atoms with Crippen LogP contribution in [0.1, 0.15) is 32.6 Å². The average molecular weight is 253 g/mol. The fourth-order valence-corrected chi connectivity index (χ4v) is 1.95. The number of nitrogens with two attached hydrogens (primary N) is 1. The Hall–Kier alpha value is -0.980. The number of rotatable bonds is 6. The molecule has 0 aromatic heterocycles. The standard InChI is InChI=1S/C10H18F3N3O/c1-2-7(5-9(14)15-17)16(8-3-4-8)6-10(11,12)13/h7-8,17H,2-6H2,1H3,(H2,14,15). The molecule has 0 spiro atoms. The second-order valence-corrected chi connectivity index (χ2v) is 4.38. The van der Waals surface area contributed by atoms with Gasteiger partial charge in [-0.2, -0.15) is 13.2 Å². The van der Waals surface area contributed by atoms with E-state index in [1.54, 1.807) is 6.92 Å². The first kappa shape index (κ1) is 14.1. The zero-order valence-corrected chi connectivity index (χ0v) is 9.74. The molecule has 17 heavy (non-hydrogen) atoms. The molecule has 0 aromatic rings. The number of oxime groups is 1. The number of halogens is 3. The summed E-state index contributed by atoms with van der Waals surface area (Å²) in [7, 11) is 0. The molecule has 4 nitrogen and oxygen atoms in total. The highest BCUT2D eigenvalue weighted by Crippen LogP contribution is 2.33. The Morgan fingerprint density at radius 2 is 2.12 bits per heavy atom. The van der Waals surface area contributed by atoms with E-state index in [-0.39, 0.29) is 24.3 Å². The molecule has 0 aliphatic heterocycles. The third kappa shape index (κ3) is 4.80. The van der Waals surface area contributed by atoms with E-state index in [9.17, 15) is 13.2 Å². The fourth-order valence-electron chi connectivity index (χ4n) is 1.95. The van der Waals surface area contributed by atoms with Gasteiger partial charge in [0.25, 0.3) is 0 Å². The Kier molecular flexibility index (Phi) is 4.62. The summed E-state index contributed by atoms with van der Waals surface area (Å²) in [5.41, 5.74) is 5.36. The van der Waals surface area contributed by atoms with Crippen LogP contribution in [-0.4, -0.2) is 40.7 Å². The maximum Gasteiger partial charge on any atom is 0.401 e. The van der Waals surface area contributed by atoms with Gasteiger partial charge in [0, 0.05) is 18.5 Å². The minimum Gasteiger partial charge on any atom is -0.409 e. The molecule has 0 aromatic carbocycles. The van der Waals surface area contributed by atoms with Crippen molar-refractivity contribution >= 4 is 5.84 Å². The Morgan fingerprint density at radius 3 is 2.47 bits per heavy atom. The smallest absolute Gasteiger partial charge is 0.401 e. The highest BCUT2D eigenvalue weighted by Gasteiger charge is 2.40. The summed E-state index contributed by atoms with van der Waals surface area (Å²) in [5.74, 6) is -0.0234. The van der Waals surface area contributed by atoms with Crippen molar-refractivity contribution in [3.8, 4) is 0 Å². The van der Waals surface area contributed by atoms with Crippen molar-refractivity contribution in [1.82, 2.24) is 4.90 Å². The molecule has 0 bridgehead atoms. The van der Waals surface area contributed by atoms with Crippen molar-refractivity contribution in [2.45, 2.75) is 50.9 Å². The number of alkyl halides is 3. The molecule has 1 fully saturated rings. The molecule has 100 valence electrons. The van der Waals surface area contributed by atoms with Crippen molar-refractivity contribution in [3.05, 3.63) is 0 Å². The van der Waals surface area contributed by atoms with Crippen LogP contribution < -0.4 is 5.73 Å². The Balaban J connectivity index is 2.66. The van der Waals surface area contributed by atoms with Gasteiger partial charge >= 0.3 is 6.18 Å². The number of nitrogens with zero attached hydrogens (tertiary/aromatic N) is 2. The number of amidine groups is 1. The predicted octanol–water partition coefficient (Wildman–Crippen LogP) is 1.93. The maximum absolute atomic E-state index is 12.5. The lowest BCUT2D eigenvalue weighted by atomic mass is 10.1. The van der Waals surface area contributed by atoms with E-state index in [0.29, 0.717) is 6.42 Å². The molecule has 1 aliphatic rings. The van der Waals surface area contributed by atoms with Gasteiger partial charge < -0.3 is 10.9 Å². The van der Waals surface area contributed by atoms with Crippen molar-refractivity contribution in [2.75, 3.05) is 6.54 Å². The van der Waals surface area contributed by atoms with Crippen LogP contribution in [0.5, 0.6) is 0 Å². The van der Waals surface area contributed by atoms with Crippen molar-refractivity contribution in [2.24, 2.45) is 10.9 Å². The third-order valence-corrected chi connectivity index (χ3v) is 2.89. The number of hydrogen-bond acceptors (Lipinski definition) is 3. The molecular weight excluding hydrogens is 235 g/mol. The van der Waals surface area contributed by atoms with E-state index < -0.39 is 12.7 Å². The summed E-state index contributed by atoms with van der Waals surface area (Å²) in [6.07, 6.45) is -1.91. The molecule has 7 heteroatoms. The van der Waals surface area contributed by atoms with E-state index in [4.69, 9.17) is 10.9 Å². The van der Waals surface area contributed by atoms with E-state index in [2.05, 4.69) is 5.16 Å². The number of hydrogen-bond donors (Lipinski definition) is 2. The Bertz CT molecular complexity index is 276. The molecule has 3 N–H and O–H groups in total. The molecule has 1 rings (SSSR count). The molecular formula is C10H18F3N3O. The van der Waals surface area contributed by atoms with Gasteiger partial charge in [0.15, 0.2) is 0 Å². The summed E-state index contributed by atoms with van der Waals surface area (Å²) in [6.45, 7) is 0.885. The Labute approximate surface area is 98.3 Å². The van der Waals surface area contributed by atoms with E-state index in [1.807, 2.05) is 0 Å². The van der Waals surface area contributed by atoms with Crippen LogP contribution in [-0.2, 0) is 0 Å². The molecule has 1 unspecified atom stereocenters. The lowest BCUT2D eigenvalue weighted by Crippen LogP contribution is -2.44. The van der Waals surface area contributed by atoms with Gasteiger partial charge in [0.1, 0.15) is 5.84 Å². The highest BCUT2D eigenvalue weighted by atomic mass is 19.4. The summed E-state index contributed by atoms with van der Waals surface area (Å²) in [4.78, 5) is 1.43. The largest absolute Gasteiger partial charge is 0.409 e. The predicted molar refractivity (Wildman–Crippen MR) is 57.9 cm³/mol. The van der Waals surface area contributed by atoms with Crippen LogP contribution in [0.4, 0.5) is 13.2 Å². The topological polar surface area (TPSA) is 61.9 Å². The minimum absolute atomic E-state index is 0.00642. The van der Waals surface area contributed by atoms with Crippen LogP contribution in [0.3, 0.4) is 0 Å². The molecule has 1 aliphatic carbocycles. The SMILES string of the molecule is CCC(CC(N)=NO)N(CC(F)(F)F)C1CC1. The quantitative estimate of drug-likeness (QED) is 0.329. The van der Waals surface area contributed by atoms with Crippen LogP contribution in [0.15, 0.2) is 5.16 Å². The zero-order chi connectivity index (χ0) is 13.1. The molecule has 0 saturated heterocycles. The maximum atomic E-state index is 12.5. The summed E-state index contributed by atoms with van der Waals surface area (Å²) in [5, 5.41) is 11.3. The minimum atomic E-state index is -4.21. The van der Waals surface area contributed by atoms with Crippen LogP contribution >= 0.6 is 0 Å². The molecule has 0 heterocycles. The summed E-state index contributed by atoms with van der Waals surface area (Å²) < 4.78 is 37.4. The summed E-state index contributed by atoms with van der Waals surface area (Å²) >= 11 is 0. The Morgan fingerprint density at radius 1 is 1.53 bits per heavy atom. The average Bonchev–Trinajstić information content (AvgIpc) is 3.05. The van der Waals surface area contributed by atoms with Gasteiger partial charge in [-0.3, -0.25) is 4.90 Å². The molecule has 0 amide bonds. The molecule has 0 radical (unpaired) electrons. The van der Waals surface area contributed by atoms with Gasteiger partial charge in [-0.15, -0.1) is 0 Å². The monoisotopic (exact) mass is 253 g/mol. The van der Waals surface area contributed by atoms with Gasteiger partial charge in [0.05, 0.1) is 6.54 Å². The van der Waals surface area contributed by atoms with Crippen LogP contribution in [0, 0.1) is 0 Å². The first-order chi connectivity index (χ1) is 7.87. The fraction of sp³-hybridized carbons (Fsp3) is 0.900. The highest BCUT2D eigenvalue weighted by molar-refractivity contribution is 5.80. The lowest BCUT2D eigenvalue weighted by Gasteiger charge is -2.31. The van der Waals surface area contributed by atoms with E-state index in [1.165, 1.54) is 4.90 Å². The zero-order valence-electron chi connectivity index (χ0n) is 9.74. The van der Waals surface area contributed by atoms with Crippen LogP contribution in [0.25, 0.3) is 0 Å². The van der Waals surface area contributed by atoms with E-state index in [0.717, 1.165) is 12.8 Å². The first-order valence-corrected chi connectivity index (χ1v) is 5.66. The second-order valence-electron chi connectivity index (χ2n) is 4.38. The molecule has 1 atom stereocenters. The normalized spacial score (nSPS) is 19.7. The van der Waals surface area contributed by atoms with Crippen molar-refractivity contribution in [1.29, 1.82) is 0 Å². The van der Waals surface area contributed by atoms with Crippen LogP contribution in [0.2, 0.25) is 0 Å². The van der Waals surface area contributed by atoms with Crippen molar-refractivity contribution < 1.29 is 18.4 Å². The van der Waals surface area contributed by atoms with Gasteiger partial charge in [0.2, 0.25) is 0 Å². The van der Waals surface area contributed by atoms with Gasteiger partial charge in [-0.1, -0.05) is 12.1 Å². The van der Waals surface area contributed by atoms with Gasteiger partial charge in [-0.05, 0) is 19.3 Å². The first-order valence-electron chi connectivity index (χ1n) is 5.66. The lowest BCUT2D eigenvalue weighted by molar-refractivity contribution is -0.152. The molecule has 1 saturated carbocycles.